The van der Waals surface area contributed by atoms with Crippen molar-refractivity contribution in [2.24, 2.45) is 5.73 Å². The maximum absolute atomic E-state index is 9.84. The second-order valence-corrected chi connectivity index (χ2v) is 7.55. The van der Waals surface area contributed by atoms with Crippen LogP contribution in [0.25, 0.3) is 0 Å². The van der Waals surface area contributed by atoms with Crippen molar-refractivity contribution in [1.29, 1.82) is 5.41 Å². The van der Waals surface area contributed by atoms with Crippen LogP contribution in [-0.4, -0.2) is 51.4 Å². The fourth-order valence-corrected chi connectivity index (χ4v) is 3.49. The molecule has 0 radical (unpaired) electrons. The van der Waals surface area contributed by atoms with Crippen molar-refractivity contribution >= 4 is 34.8 Å². The number of nitrogens with one attached hydrogen (secondary N) is 2. The van der Waals surface area contributed by atoms with Gasteiger partial charge < -0.3 is 26.8 Å². The van der Waals surface area contributed by atoms with Crippen molar-refractivity contribution in [3.05, 3.63) is 34.2 Å². The molecule has 7 N–H and O–H groups in total. The lowest BCUT2D eigenvalue weighted by atomic mass is 9.91. The number of aromatic nitrogens is 3. The second-order valence-electron chi connectivity index (χ2n) is 7.17. The average Bonchev–Trinajstić information content (AvgIpc) is 2.67. The van der Waals surface area contributed by atoms with E-state index in [9.17, 15) is 5.11 Å². The fourth-order valence-electron chi connectivity index (χ4n) is 3.19. The van der Waals surface area contributed by atoms with Crippen LogP contribution < -0.4 is 21.7 Å². The normalized spacial score (nSPS) is 16.1. The van der Waals surface area contributed by atoms with Gasteiger partial charge in [-0.3, -0.25) is 5.41 Å². The summed E-state index contributed by atoms with van der Waals surface area (Å²) in [7, 11) is 1.69. The molecule has 0 unspecified atom stereocenters. The number of nitrogens with two attached hydrogens (primary N) is 2. The number of piperidine rings is 1. The monoisotopic (exact) mass is 404 g/mol. The van der Waals surface area contributed by atoms with Crippen LogP contribution in [-0.2, 0) is 6.61 Å². The highest BCUT2D eigenvalue weighted by Gasteiger charge is 2.29. The van der Waals surface area contributed by atoms with Crippen molar-refractivity contribution in [1.82, 2.24) is 15.0 Å². The van der Waals surface area contributed by atoms with E-state index in [2.05, 4.69) is 20.3 Å². The zero-order valence-electron chi connectivity index (χ0n) is 16.0. The van der Waals surface area contributed by atoms with Crippen molar-refractivity contribution < 1.29 is 5.11 Å². The standard InChI is InChI=1S/C18H25ClN8O/c1-18(22)4-7-27(8-5-18)17-11(9-28)25-14(15(21)26-17)13(20)10-3-6-24-16(23-2)12(10)19/h3,6,20,28H,4-5,7-9,22H2,1-2H3,(H2,21,26)(H,23,24). The highest BCUT2D eigenvalue weighted by atomic mass is 35.5. The molecule has 0 spiro atoms. The smallest absolute Gasteiger partial charge is 0.155 e. The number of aliphatic hydroxyl groups is 1. The molecule has 9 nitrogen and oxygen atoms in total. The third kappa shape index (κ3) is 3.87. The second kappa shape index (κ2) is 7.86. The Morgan fingerprint density at radius 3 is 2.68 bits per heavy atom. The van der Waals surface area contributed by atoms with E-state index < -0.39 is 0 Å². The molecule has 1 aliphatic rings. The minimum Gasteiger partial charge on any atom is -0.390 e. The van der Waals surface area contributed by atoms with Gasteiger partial charge in [0.25, 0.3) is 0 Å². The highest BCUT2D eigenvalue weighted by molar-refractivity contribution is 6.37. The summed E-state index contributed by atoms with van der Waals surface area (Å²) in [4.78, 5) is 15.0. The molecule has 150 valence electrons. The lowest BCUT2D eigenvalue weighted by Crippen LogP contribution is -2.48. The topological polar surface area (TPSA) is 150 Å². The van der Waals surface area contributed by atoms with E-state index in [1.54, 1.807) is 19.3 Å². The van der Waals surface area contributed by atoms with Gasteiger partial charge in [0.2, 0.25) is 0 Å². The van der Waals surface area contributed by atoms with Gasteiger partial charge in [0, 0.05) is 37.4 Å². The van der Waals surface area contributed by atoms with Crippen LogP contribution in [0.2, 0.25) is 5.02 Å². The summed E-state index contributed by atoms with van der Waals surface area (Å²) in [5.74, 6) is 1.09. The molecule has 10 heteroatoms. The quantitative estimate of drug-likeness (QED) is 0.469. The molecule has 3 heterocycles. The molecule has 28 heavy (non-hydrogen) atoms. The van der Waals surface area contributed by atoms with Crippen LogP contribution in [0.3, 0.4) is 0 Å². The van der Waals surface area contributed by atoms with Gasteiger partial charge in [-0.1, -0.05) is 11.6 Å². The summed E-state index contributed by atoms with van der Waals surface area (Å²) in [5, 5.41) is 21.5. The predicted octanol–water partition coefficient (Wildman–Crippen LogP) is 1.37. The van der Waals surface area contributed by atoms with Gasteiger partial charge in [0.05, 0.1) is 17.3 Å². The molecule has 2 aromatic rings. The summed E-state index contributed by atoms with van der Waals surface area (Å²) < 4.78 is 0. The van der Waals surface area contributed by atoms with Crippen molar-refractivity contribution in [3.8, 4) is 0 Å². The van der Waals surface area contributed by atoms with Gasteiger partial charge in [0.15, 0.2) is 11.6 Å². The maximum Gasteiger partial charge on any atom is 0.155 e. The van der Waals surface area contributed by atoms with E-state index in [4.69, 9.17) is 28.5 Å². The van der Waals surface area contributed by atoms with Crippen LogP contribution >= 0.6 is 11.6 Å². The van der Waals surface area contributed by atoms with Gasteiger partial charge in [-0.25, -0.2) is 15.0 Å². The average molecular weight is 405 g/mol. The van der Waals surface area contributed by atoms with Crippen molar-refractivity contribution in [3.63, 3.8) is 0 Å². The summed E-state index contributed by atoms with van der Waals surface area (Å²) >= 11 is 6.34. The van der Waals surface area contributed by atoms with E-state index in [1.807, 2.05) is 11.8 Å². The number of nitrogens with zero attached hydrogens (tertiary/aromatic N) is 4. The summed E-state index contributed by atoms with van der Waals surface area (Å²) in [6, 6.07) is 1.62. The maximum atomic E-state index is 9.84. The van der Waals surface area contributed by atoms with Gasteiger partial charge in [-0.05, 0) is 25.8 Å². The Hall–Kier alpha value is -2.49. The molecular weight excluding hydrogens is 380 g/mol. The van der Waals surface area contributed by atoms with E-state index in [-0.39, 0.29) is 29.4 Å². The van der Waals surface area contributed by atoms with E-state index >= 15 is 0 Å². The van der Waals surface area contributed by atoms with Crippen LogP contribution in [0.1, 0.15) is 36.7 Å². The minimum atomic E-state index is -0.314. The van der Waals surface area contributed by atoms with Gasteiger partial charge in [-0.15, -0.1) is 0 Å². The Morgan fingerprint density at radius 2 is 2.07 bits per heavy atom. The summed E-state index contributed by atoms with van der Waals surface area (Å²) in [5.41, 5.74) is 13.1. The Balaban J connectivity index is 1.97. The third-order valence-electron chi connectivity index (χ3n) is 4.96. The Labute approximate surface area is 168 Å². The molecule has 3 rings (SSSR count). The molecule has 0 aromatic carbocycles. The van der Waals surface area contributed by atoms with Gasteiger partial charge in [-0.2, -0.15) is 0 Å². The molecule has 0 aliphatic carbocycles. The molecule has 1 fully saturated rings. The van der Waals surface area contributed by atoms with Crippen molar-refractivity contribution in [2.75, 3.05) is 36.1 Å². The number of pyridine rings is 1. The van der Waals surface area contributed by atoms with Gasteiger partial charge >= 0.3 is 0 Å². The van der Waals surface area contributed by atoms with Crippen molar-refractivity contribution in [2.45, 2.75) is 31.9 Å². The van der Waals surface area contributed by atoms with E-state index in [0.29, 0.717) is 41.0 Å². The first kappa shape index (κ1) is 20.2. The summed E-state index contributed by atoms with van der Waals surface area (Å²) in [6.07, 6.45) is 3.15. The number of nitrogen functional groups attached to an aromatic ring is 1. The van der Waals surface area contributed by atoms with Crippen LogP contribution in [0, 0.1) is 5.41 Å². The fraction of sp³-hybridized carbons (Fsp3) is 0.444. The van der Waals surface area contributed by atoms with Gasteiger partial charge in [0.1, 0.15) is 17.2 Å². The Morgan fingerprint density at radius 1 is 1.39 bits per heavy atom. The number of hydrogen-bond acceptors (Lipinski definition) is 9. The molecular formula is C18H25ClN8O. The molecule has 0 saturated carbocycles. The number of hydrogen-bond donors (Lipinski definition) is 5. The number of anilines is 3. The zero-order chi connectivity index (χ0) is 20.5. The van der Waals surface area contributed by atoms with Crippen LogP contribution in [0.15, 0.2) is 12.3 Å². The number of aliphatic hydroxyl groups excluding tert-OH is 1. The molecule has 0 amide bonds. The first-order valence-electron chi connectivity index (χ1n) is 9.00. The lowest BCUT2D eigenvalue weighted by Gasteiger charge is -2.37. The Kier molecular flexibility index (Phi) is 5.69. The Bertz CT molecular complexity index is 891. The lowest BCUT2D eigenvalue weighted by molar-refractivity contribution is 0.275. The SMILES string of the molecule is CNc1nccc(C(=N)c2nc(CO)c(N3CCC(C)(N)CC3)nc2N)c1Cl. The zero-order valence-corrected chi connectivity index (χ0v) is 16.7. The van der Waals surface area contributed by atoms with Crippen LogP contribution in [0.4, 0.5) is 17.5 Å². The number of halogens is 1. The molecule has 0 bridgehead atoms. The molecule has 1 aliphatic heterocycles. The first-order chi connectivity index (χ1) is 13.3. The summed E-state index contributed by atoms with van der Waals surface area (Å²) in [6.45, 7) is 3.12. The largest absolute Gasteiger partial charge is 0.390 e. The minimum absolute atomic E-state index is 0.0170. The molecule has 1 saturated heterocycles. The number of rotatable bonds is 5. The highest BCUT2D eigenvalue weighted by Crippen LogP contribution is 2.29. The predicted molar refractivity (Wildman–Crippen MR) is 111 cm³/mol. The molecule has 0 atom stereocenters. The first-order valence-corrected chi connectivity index (χ1v) is 9.38. The van der Waals surface area contributed by atoms with E-state index in [0.717, 1.165) is 12.8 Å². The van der Waals surface area contributed by atoms with Crippen LogP contribution in [0.5, 0.6) is 0 Å². The molecule has 2 aromatic heterocycles. The van der Waals surface area contributed by atoms with E-state index in [1.165, 1.54) is 0 Å². The third-order valence-corrected chi connectivity index (χ3v) is 5.34.